The van der Waals surface area contributed by atoms with Gasteiger partial charge in [0, 0.05) is 12.4 Å². The molecule has 1 rings (SSSR count). The molecule has 0 aliphatic carbocycles. The van der Waals surface area contributed by atoms with Crippen molar-refractivity contribution >= 4 is 45.2 Å². The number of aliphatic hydroxyl groups excluding tert-OH is 2. The van der Waals surface area contributed by atoms with E-state index >= 15 is 0 Å². The molecule has 0 amide bonds. The number of halogens is 2. The van der Waals surface area contributed by atoms with Gasteiger partial charge in [-0.05, 0) is 45.2 Å². The fourth-order valence-corrected chi connectivity index (χ4v) is 2.78. The summed E-state index contributed by atoms with van der Waals surface area (Å²) in [4.78, 5) is 11.3. The Labute approximate surface area is 128 Å². The maximum atomic E-state index is 11.3. The second kappa shape index (κ2) is 9.29. The molecule has 0 aliphatic heterocycles. The Hall–Kier alpha value is 0.330. The first-order valence-corrected chi connectivity index (χ1v) is 7.45. The van der Waals surface area contributed by atoms with E-state index in [1.54, 1.807) is 17.0 Å². The number of hydrogen-bond acceptors (Lipinski definition) is 3. The molecular weight excluding hydrogens is 448 g/mol. The van der Waals surface area contributed by atoms with Crippen molar-refractivity contribution < 1.29 is 10.2 Å². The van der Waals surface area contributed by atoms with Crippen LogP contribution in [0.5, 0.6) is 0 Å². The van der Waals surface area contributed by atoms with Gasteiger partial charge in [0.05, 0.1) is 26.4 Å². The zero-order valence-corrected chi connectivity index (χ0v) is 14.2. The summed E-state index contributed by atoms with van der Waals surface area (Å²) < 4.78 is 2.92. The standard InChI is InChI=1S/C8H9I2NO3.C3H8/c9-6-2-11(1-5(13)4-12)3-7(10)8(6)14;1-3-2/h2-3,5,12-13H,1,4H2;3H2,1-2H3. The highest BCUT2D eigenvalue weighted by molar-refractivity contribution is 14.1. The van der Waals surface area contributed by atoms with Crippen LogP contribution in [0, 0.1) is 7.14 Å². The molecule has 1 unspecified atom stereocenters. The Kier molecular flexibility index (Phi) is 9.47. The third kappa shape index (κ3) is 6.73. The summed E-state index contributed by atoms with van der Waals surface area (Å²) in [5.41, 5.74) is 0.000869. The minimum Gasteiger partial charge on any atom is -0.394 e. The van der Waals surface area contributed by atoms with Crippen LogP contribution in [0.4, 0.5) is 0 Å². The molecule has 17 heavy (non-hydrogen) atoms. The zero-order chi connectivity index (χ0) is 13.4. The lowest BCUT2D eigenvalue weighted by molar-refractivity contribution is 0.0810. The molecule has 0 spiro atoms. The first-order valence-electron chi connectivity index (χ1n) is 5.30. The van der Waals surface area contributed by atoms with Crippen molar-refractivity contribution in [2.24, 2.45) is 0 Å². The molecule has 1 atom stereocenters. The normalized spacial score (nSPS) is 11.6. The highest BCUT2D eigenvalue weighted by Gasteiger charge is 2.06. The van der Waals surface area contributed by atoms with Crippen molar-refractivity contribution in [3.63, 3.8) is 0 Å². The van der Waals surface area contributed by atoms with Crippen LogP contribution in [0.15, 0.2) is 17.2 Å². The van der Waals surface area contributed by atoms with Gasteiger partial charge in [-0.15, -0.1) is 0 Å². The molecule has 0 saturated heterocycles. The average Bonchev–Trinajstić information content (AvgIpc) is 2.26. The van der Waals surface area contributed by atoms with E-state index in [2.05, 4.69) is 13.8 Å². The maximum absolute atomic E-state index is 11.3. The summed E-state index contributed by atoms with van der Waals surface area (Å²) in [5.74, 6) is 0. The van der Waals surface area contributed by atoms with E-state index in [4.69, 9.17) is 5.11 Å². The zero-order valence-electron chi connectivity index (χ0n) is 9.86. The van der Waals surface area contributed by atoms with E-state index in [-0.39, 0.29) is 12.0 Å². The lowest BCUT2D eigenvalue weighted by Crippen LogP contribution is -2.22. The summed E-state index contributed by atoms with van der Waals surface area (Å²) >= 11 is 3.90. The molecule has 0 aromatic carbocycles. The van der Waals surface area contributed by atoms with Gasteiger partial charge >= 0.3 is 0 Å². The predicted molar refractivity (Wildman–Crippen MR) is 85.2 cm³/mol. The van der Waals surface area contributed by atoms with E-state index < -0.39 is 6.10 Å². The SMILES string of the molecule is CCC.O=c1c(I)cn(CC(O)CO)cc1I. The first-order chi connectivity index (χ1) is 7.96. The Balaban J connectivity index is 0.000000770. The van der Waals surface area contributed by atoms with Crippen LogP contribution in [0.3, 0.4) is 0 Å². The quantitative estimate of drug-likeness (QED) is 0.671. The first kappa shape index (κ1) is 17.3. The van der Waals surface area contributed by atoms with Crippen LogP contribution >= 0.6 is 45.2 Å². The Morgan fingerprint density at radius 3 is 2.06 bits per heavy atom. The van der Waals surface area contributed by atoms with Crippen molar-refractivity contribution in [3.05, 3.63) is 29.8 Å². The molecule has 98 valence electrons. The van der Waals surface area contributed by atoms with E-state index in [1.807, 2.05) is 45.2 Å². The molecule has 1 aromatic rings. The van der Waals surface area contributed by atoms with E-state index in [1.165, 1.54) is 6.42 Å². The molecule has 0 saturated carbocycles. The van der Waals surface area contributed by atoms with E-state index in [0.29, 0.717) is 13.7 Å². The van der Waals surface area contributed by atoms with Gasteiger partial charge in [-0.1, -0.05) is 20.3 Å². The van der Waals surface area contributed by atoms with Crippen molar-refractivity contribution in [3.8, 4) is 0 Å². The number of hydrogen-bond donors (Lipinski definition) is 2. The number of nitrogens with zero attached hydrogens (tertiary/aromatic N) is 1. The van der Waals surface area contributed by atoms with Crippen LogP contribution in [0.25, 0.3) is 0 Å². The molecule has 4 nitrogen and oxygen atoms in total. The average molecular weight is 465 g/mol. The van der Waals surface area contributed by atoms with Gasteiger partial charge in [0.15, 0.2) is 0 Å². The second-order valence-electron chi connectivity index (χ2n) is 3.52. The highest BCUT2D eigenvalue weighted by atomic mass is 127. The summed E-state index contributed by atoms with van der Waals surface area (Å²) in [7, 11) is 0. The molecule has 2 N–H and O–H groups in total. The molecule has 0 fully saturated rings. The van der Waals surface area contributed by atoms with Gasteiger partial charge in [0.1, 0.15) is 0 Å². The van der Waals surface area contributed by atoms with Crippen LogP contribution in [0.2, 0.25) is 0 Å². The van der Waals surface area contributed by atoms with Crippen LogP contribution < -0.4 is 5.43 Å². The van der Waals surface area contributed by atoms with Gasteiger partial charge in [-0.25, -0.2) is 0 Å². The molecule has 1 heterocycles. The smallest absolute Gasteiger partial charge is 0.208 e. The molecular formula is C11H17I2NO3. The second-order valence-corrected chi connectivity index (χ2v) is 5.85. The molecule has 6 heteroatoms. The Bertz CT molecular complexity index is 367. The summed E-state index contributed by atoms with van der Waals surface area (Å²) in [5, 5.41) is 17.9. The molecule has 0 radical (unpaired) electrons. The van der Waals surface area contributed by atoms with Gasteiger partial charge in [0.25, 0.3) is 0 Å². The Morgan fingerprint density at radius 1 is 1.29 bits per heavy atom. The fraction of sp³-hybridized carbons (Fsp3) is 0.545. The topological polar surface area (TPSA) is 62.5 Å². The van der Waals surface area contributed by atoms with Crippen molar-refractivity contribution in [1.29, 1.82) is 0 Å². The lowest BCUT2D eigenvalue weighted by Gasteiger charge is -2.11. The fourth-order valence-electron chi connectivity index (χ4n) is 0.966. The van der Waals surface area contributed by atoms with Gasteiger partial charge in [0.2, 0.25) is 5.43 Å². The number of pyridine rings is 1. The predicted octanol–water partition coefficient (Wildman–Crippen LogP) is 1.83. The number of aromatic nitrogens is 1. The Morgan fingerprint density at radius 2 is 1.71 bits per heavy atom. The summed E-state index contributed by atoms with van der Waals surface area (Å²) in [6.07, 6.45) is 3.78. The van der Waals surface area contributed by atoms with Gasteiger partial charge in [-0.3, -0.25) is 4.79 Å². The highest BCUT2D eigenvalue weighted by Crippen LogP contribution is 2.04. The van der Waals surface area contributed by atoms with E-state index in [9.17, 15) is 9.90 Å². The minimum absolute atomic E-state index is 0.000869. The van der Waals surface area contributed by atoms with Crippen LogP contribution in [-0.4, -0.2) is 27.5 Å². The summed E-state index contributed by atoms with van der Waals surface area (Å²) in [6, 6.07) is 0. The molecule has 0 bridgehead atoms. The molecule has 1 aromatic heterocycles. The van der Waals surface area contributed by atoms with Gasteiger partial charge < -0.3 is 14.8 Å². The van der Waals surface area contributed by atoms with E-state index in [0.717, 1.165) is 0 Å². The third-order valence-corrected chi connectivity index (χ3v) is 3.16. The van der Waals surface area contributed by atoms with Crippen LogP contribution in [0.1, 0.15) is 20.3 Å². The monoisotopic (exact) mass is 465 g/mol. The minimum atomic E-state index is -0.788. The number of aliphatic hydroxyl groups is 2. The van der Waals surface area contributed by atoms with Crippen molar-refractivity contribution in [1.82, 2.24) is 4.57 Å². The molecule has 0 aliphatic rings. The summed E-state index contributed by atoms with van der Waals surface area (Å²) in [6.45, 7) is 4.27. The lowest BCUT2D eigenvalue weighted by atomic mass is 10.3. The number of rotatable bonds is 3. The third-order valence-electron chi connectivity index (χ3n) is 1.62. The largest absolute Gasteiger partial charge is 0.394 e. The van der Waals surface area contributed by atoms with Crippen LogP contribution in [-0.2, 0) is 6.54 Å². The van der Waals surface area contributed by atoms with Crippen molar-refractivity contribution in [2.45, 2.75) is 32.9 Å². The maximum Gasteiger partial charge on any atom is 0.208 e. The van der Waals surface area contributed by atoms with Crippen molar-refractivity contribution in [2.75, 3.05) is 6.61 Å². The van der Waals surface area contributed by atoms with Gasteiger partial charge in [-0.2, -0.15) is 0 Å².